The maximum atomic E-state index is 4.65. The summed E-state index contributed by atoms with van der Waals surface area (Å²) in [4.78, 5) is 16.0. The molecule has 4 nitrogen and oxygen atoms in total. The van der Waals surface area contributed by atoms with E-state index in [1.807, 2.05) is 66.8 Å². The number of aromatic amines is 2. The zero-order valence-electron chi connectivity index (χ0n) is 13.5. The fraction of sp³-hybridized carbons (Fsp3) is 0. The molecule has 0 atom stereocenters. The third kappa shape index (κ3) is 3.25. The van der Waals surface area contributed by atoms with Gasteiger partial charge in [-0.2, -0.15) is 0 Å². The van der Waals surface area contributed by atoms with Gasteiger partial charge in [0, 0.05) is 0 Å². The first-order valence-corrected chi connectivity index (χ1v) is 8.49. The molecule has 6 heteroatoms. The molecule has 3 aromatic heterocycles. The van der Waals surface area contributed by atoms with Gasteiger partial charge in [0.1, 0.15) is 0 Å². The Balaban J connectivity index is 0.00000168. The first-order valence-electron chi connectivity index (χ1n) is 7.94. The van der Waals surface area contributed by atoms with Crippen molar-refractivity contribution in [3.8, 4) is 0 Å². The number of halogens is 1. The molecule has 2 aliphatic rings. The number of aromatic nitrogens is 4. The van der Waals surface area contributed by atoms with Crippen molar-refractivity contribution >= 4 is 63.2 Å². The molecule has 26 heavy (non-hydrogen) atoms. The summed E-state index contributed by atoms with van der Waals surface area (Å²) >= 11 is 4.11. The van der Waals surface area contributed by atoms with Crippen molar-refractivity contribution in [2.24, 2.45) is 0 Å². The second kappa shape index (κ2) is 6.61. The molecule has 0 unspecified atom stereocenters. The van der Waals surface area contributed by atoms with Crippen LogP contribution >= 0.6 is 12.4 Å². The normalized spacial score (nSPS) is 12.2. The summed E-state index contributed by atoms with van der Waals surface area (Å²) in [5.41, 5.74) is 7.64. The molecule has 8 bridgehead atoms. The molecule has 2 N–H and O–H groups in total. The Kier molecular flexibility index (Phi) is 4.29. The third-order valence-corrected chi connectivity index (χ3v) is 4.56. The first kappa shape index (κ1) is 16.9. The minimum absolute atomic E-state index is 0. The van der Waals surface area contributed by atoms with E-state index in [2.05, 4.69) is 35.9 Å². The summed E-state index contributed by atoms with van der Waals surface area (Å²) in [5, 5.41) is 0. The van der Waals surface area contributed by atoms with Gasteiger partial charge in [-0.15, -0.1) is 12.4 Å². The van der Waals surface area contributed by atoms with Gasteiger partial charge in [-0.05, 0) is 0 Å². The Labute approximate surface area is 164 Å². The number of fused-ring (bicyclic) bond motifs is 8. The van der Waals surface area contributed by atoms with Gasteiger partial charge in [0.2, 0.25) is 0 Å². The summed E-state index contributed by atoms with van der Waals surface area (Å²) in [5.74, 6) is 0. The fourth-order valence-corrected chi connectivity index (χ4v) is 3.30. The molecule has 0 aliphatic carbocycles. The molecule has 0 saturated carbocycles. The number of H-pyrrole nitrogens is 2. The van der Waals surface area contributed by atoms with Gasteiger partial charge in [-0.1, -0.05) is 0 Å². The van der Waals surface area contributed by atoms with Gasteiger partial charge < -0.3 is 0 Å². The van der Waals surface area contributed by atoms with Crippen molar-refractivity contribution in [2.75, 3.05) is 0 Å². The van der Waals surface area contributed by atoms with Crippen molar-refractivity contribution in [3.63, 3.8) is 0 Å². The second-order valence-corrected chi connectivity index (χ2v) is 6.60. The topological polar surface area (TPSA) is 57.4 Å². The van der Waals surface area contributed by atoms with E-state index in [-0.39, 0.29) is 12.4 Å². The van der Waals surface area contributed by atoms with Crippen LogP contribution in [0.3, 0.4) is 0 Å². The Hall–Kier alpha value is -2.59. The van der Waals surface area contributed by atoms with Crippen LogP contribution < -0.4 is 4.46 Å². The standard InChI is InChI=1S/C20H13N4.ClH.Fe/c1-2-14-10-16-5-6-18(23-16)12-20-8-7-19(24-20)11-17-4-3-15(22-17)9-13(1)21-14;;/h1-7,9-12,21,24H;1H;. The molecule has 0 spiro atoms. The molecular weight excluding hydrogens is 388 g/mol. The third-order valence-electron chi connectivity index (χ3n) is 4.11. The average molecular weight is 402 g/mol. The van der Waals surface area contributed by atoms with E-state index in [4.69, 9.17) is 0 Å². The van der Waals surface area contributed by atoms with E-state index >= 15 is 0 Å². The van der Waals surface area contributed by atoms with Crippen LogP contribution in [-0.4, -0.2) is 19.9 Å². The monoisotopic (exact) mass is 401 g/mol. The average Bonchev–Trinajstić information content (AvgIpc) is 3.33. The quantitative estimate of drug-likeness (QED) is 0.381. The van der Waals surface area contributed by atoms with Gasteiger partial charge >= 0.3 is 152 Å². The molecule has 0 fully saturated rings. The van der Waals surface area contributed by atoms with E-state index in [9.17, 15) is 0 Å². The second-order valence-electron chi connectivity index (χ2n) is 6.01. The fourth-order valence-electron chi connectivity index (χ4n) is 2.98. The summed E-state index contributed by atoms with van der Waals surface area (Å²) in [6, 6.07) is 14.2. The van der Waals surface area contributed by atoms with Crippen LogP contribution in [0.2, 0.25) is 0 Å². The van der Waals surface area contributed by atoms with Gasteiger partial charge in [-0.3, -0.25) is 0 Å². The number of hydrogen-bond acceptors (Lipinski definition) is 2. The molecule has 0 saturated heterocycles. The van der Waals surface area contributed by atoms with Crippen LogP contribution in [0.1, 0.15) is 22.8 Å². The van der Waals surface area contributed by atoms with Gasteiger partial charge in [-0.25, -0.2) is 0 Å². The van der Waals surface area contributed by atoms with E-state index in [1.165, 1.54) is 0 Å². The predicted octanol–water partition coefficient (Wildman–Crippen LogP) is 4.25. The maximum absolute atomic E-state index is 4.65. The summed E-state index contributed by atoms with van der Waals surface area (Å²) in [6.45, 7) is 0. The predicted molar refractivity (Wildman–Crippen MR) is 106 cm³/mol. The van der Waals surface area contributed by atoms with Crippen molar-refractivity contribution in [1.29, 1.82) is 0 Å². The molecule has 2 aliphatic heterocycles. The van der Waals surface area contributed by atoms with Crippen LogP contribution in [0, 0.1) is 0 Å². The van der Waals surface area contributed by atoms with Gasteiger partial charge in [0.05, 0.1) is 0 Å². The Bertz CT molecular complexity index is 1220. The molecule has 0 radical (unpaired) electrons. The van der Waals surface area contributed by atoms with Gasteiger partial charge in [0.25, 0.3) is 0 Å². The Morgan fingerprint density at radius 1 is 0.615 bits per heavy atom. The molecule has 5 rings (SSSR count). The van der Waals surface area contributed by atoms with E-state index in [1.54, 1.807) is 0 Å². The molecule has 129 valence electrons. The van der Waals surface area contributed by atoms with Crippen molar-refractivity contribution in [3.05, 3.63) is 65.2 Å². The Morgan fingerprint density at radius 3 is 1.69 bits per heavy atom. The van der Waals surface area contributed by atoms with Crippen molar-refractivity contribution in [2.45, 2.75) is 0 Å². The zero-order valence-corrected chi connectivity index (χ0v) is 15.4. The summed E-state index contributed by atoms with van der Waals surface area (Å²) in [6.07, 6.45) is 8.04. The first-order chi connectivity index (χ1) is 12.2. The van der Waals surface area contributed by atoms with Crippen LogP contribution in [0.15, 0.2) is 42.5 Å². The van der Waals surface area contributed by atoms with Crippen molar-refractivity contribution < 1.29 is 16.0 Å². The molecule has 0 amide bonds. The van der Waals surface area contributed by atoms with Crippen LogP contribution in [0.5, 0.6) is 0 Å². The number of nitrogens with zero attached hydrogens (tertiary/aromatic N) is 2. The summed E-state index contributed by atoms with van der Waals surface area (Å²) < 4.78 is 0.941. The Morgan fingerprint density at radius 2 is 1.12 bits per heavy atom. The van der Waals surface area contributed by atoms with Crippen LogP contribution in [0.25, 0.3) is 46.4 Å². The number of rotatable bonds is 0. The van der Waals surface area contributed by atoms with Crippen LogP contribution in [0.4, 0.5) is 0 Å². The van der Waals surface area contributed by atoms with Crippen molar-refractivity contribution in [1.82, 2.24) is 19.9 Å². The van der Waals surface area contributed by atoms with E-state index in [0.717, 1.165) is 49.3 Å². The van der Waals surface area contributed by atoms with Crippen LogP contribution in [-0.2, 0) is 16.0 Å². The molecular formula is C20H14ClFeN4. The zero-order chi connectivity index (χ0) is 16.8. The summed E-state index contributed by atoms with van der Waals surface area (Å²) in [7, 11) is 0. The van der Waals surface area contributed by atoms with E-state index in [0.29, 0.717) is 0 Å². The van der Waals surface area contributed by atoms with E-state index < -0.39 is 0 Å². The van der Waals surface area contributed by atoms with Gasteiger partial charge in [0.15, 0.2) is 0 Å². The minimum atomic E-state index is 0. The number of hydrogen-bond donors (Lipinski definition) is 2. The number of nitrogens with one attached hydrogen (secondary N) is 2. The SMILES string of the molecule is Cl.[Fe][c]1cc2cc3nc(cc4ccc(cc5nc(cc1[nH]2)C=C5)[nH]4)C=C3. The molecule has 0 aromatic carbocycles. The molecule has 3 aromatic rings. The molecule has 5 heterocycles.